The minimum atomic E-state index is -0.205. The monoisotopic (exact) mass is 483 g/mol. The van der Waals surface area contributed by atoms with E-state index in [1.54, 1.807) is 19.2 Å². The molecular formula is C20H27FIN5. The smallest absolute Gasteiger partial charge is 0.191 e. The van der Waals surface area contributed by atoms with Crippen LogP contribution in [0.3, 0.4) is 0 Å². The van der Waals surface area contributed by atoms with E-state index in [-0.39, 0.29) is 29.8 Å². The Balaban J connectivity index is 0.00000261. The molecule has 1 saturated heterocycles. The number of aliphatic imine (C=N–C) groups is 1. The van der Waals surface area contributed by atoms with Crippen molar-refractivity contribution in [3.8, 4) is 0 Å². The Hall–Kier alpha value is -1.90. The fourth-order valence-electron chi connectivity index (χ4n) is 3.04. The predicted molar refractivity (Wildman–Crippen MR) is 119 cm³/mol. The number of benzene rings is 1. The Kier molecular flexibility index (Phi) is 8.77. The molecule has 1 aliphatic heterocycles. The van der Waals surface area contributed by atoms with Gasteiger partial charge in [-0.05, 0) is 48.6 Å². The summed E-state index contributed by atoms with van der Waals surface area (Å²) in [7, 11) is 1.75. The average molecular weight is 483 g/mol. The van der Waals surface area contributed by atoms with Crippen molar-refractivity contribution in [3.05, 3.63) is 59.5 Å². The summed E-state index contributed by atoms with van der Waals surface area (Å²) < 4.78 is 12.9. The summed E-state index contributed by atoms with van der Waals surface area (Å²) in [6.45, 7) is 3.62. The summed E-state index contributed by atoms with van der Waals surface area (Å²) in [5, 5.41) is 6.57. The van der Waals surface area contributed by atoms with Crippen LogP contribution >= 0.6 is 24.0 Å². The molecule has 1 aromatic carbocycles. The van der Waals surface area contributed by atoms with Crippen molar-refractivity contribution in [2.24, 2.45) is 4.99 Å². The number of nitrogens with zero attached hydrogens (tertiary/aromatic N) is 3. The van der Waals surface area contributed by atoms with E-state index in [0.717, 1.165) is 49.0 Å². The van der Waals surface area contributed by atoms with Gasteiger partial charge >= 0.3 is 0 Å². The number of aromatic nitrogens is 1. The van der Waals surface area contributed by atoms with Crippen molar-refractivity contribution >= 4 is 35.8 Å². The van der Waals surface area contributed by atoms with Crippen LogP contribution in [0.15, 0.2) is 47.6 Å². The van der Waals surface area contributed by atoms with Gasteiger partial charge in [-0.2, -0.15) is 0 Å². The molecule has 0 spiro atoms. The van der Waals surface area contributed by atoms with Crippen molar-refractivity contribution in [2.45, 2.75) is 25.8 Å². The van der Waals surface area contributed by atoms with Gasteiger partial charge < -0.3 is 15.5 Å². The molecule has 2 aromatic rings. The number of hydrogen-bond acceptors (Lipinski definition) is 3. The fraction of sp³-hybridized carbons (Fsp3) is 0.400. The molecule has 2 N–H and O–H groups in total. The van der Waals surface area contributed by atoms with Gasteiger partial charge in [0, 0.05) is 39.4 Å². The fourth-order valence-corrected chi connectivity index (χ4v) is 3.04. The third-order valence-corrected chi connectivity index (χ3v) is 4.54. The van der Waals surface area contributed by atoms with Gasteiger partial charge in [-0.1, -0.05) is 18.2 Å². The predicted octanol–water partition coefficient (Wildman–Crippen LogP) is 3.35. The summed E-state index contributed by atoms with van der Waals surface area (Å²) in [5.74, 6) is 1.60. The molecule has 7 heteroatoms. The molecule has 0 bridgehead atoms. The van der Waals surface area contributed by atoms with Crippen LogP contribution in [-0.4, -0.2) is 37.6 Å². The number of halogens is 2. The van der Waals surface area contributed by atoms with Gasteiger partial charge in [0.25, 0.3) is 0 Å². The molecule has 5 nitrogen and oxygen atoms in total. The zero-order valence-corrected chi connectivity index (χ0v) is 17.9. The van der Waals surface area contributed by atoms with Crippen molar-refractivity contribution in [1.29, 1.82) is 0 Å². The Bertz CT molecular complexity index is 712. The number of hydrogen-bond donors (Lipinski definition) is 2. The van der Waals surface area contributed by atoms with Crippen LogP contribution < -0.4 is 15.5 Å². The van der Waals surface area contributed by atoms with E-state index in [4.69, 9.17) is 0 Å². The second-order valence-corrected chi connectivity index (χ2v) is 6.45. The maximum absolute atomic E-state index is 12.9. The maximum Gasteiger partial charge on any atom is 0.191 e. The number of guanidine groups is 1. The highest BCUT2D eigenvalue weighted by Gasteiger charge is 2.12. The average Bonchev–Trinajstić information content (AvgIpc) is 3.21. The molecule has 0 atom stereocenters. The second-order valence-electron chi connectivity index (χ2n) is 6.45. The molecule has 0 saturated carbocycles. The van der Waals surface area contributed by atoms with Gasteiger partial charge in [0.1, 0.15) is 11.6 Å². The van der Waals surface area contributed by atoms with Gasteiger partial charge in [-0.3, -0.25) is 4.99 Å². The maximum atomic E-state index is 12.9. The van der Waals surface area contributed by atoms with Crippen molar-refractivity contribution in [1.82, 2.24) is 15.6 Å². The van der Waals surface area contributed by atoms with E-state index >= 15 is 0 Å². The van der Waals surface area contributed by atoms with E-state index < -0.39 is 0 Å². The third kappa shape index (κ3) is 6.64. The van der Waals surface area contributed by atoms with Gasteiger partial charge in [0.2, 0.25) is 0 Å². The zero-order chi connectivity index (χ0) is 18.2. The number of nitrogens with one attached hydrogen (secondary N) is 2. The number of rotatable bonds is 6. The van der Waals surface area contributed by atoms with E-state index in [2.05, 4.69) is 37.6 Å². The largest absolute Gasteiger partial charge is 0.357 e. The summed E-state index contributed by atoms with van der Waals surface area (Å²) in [6.07, 6.45) is 5.25. The summed E-state index contributed by atoms with van der Waals surface area (Å²) >= 11 is 0. The quantitative estimate of drug-likeness (QED) is 0.376. The first-order valence-corrected chi connectivity index (χ1v) is 9.13. The minimum absolute atomic E-state index is 0. The highest BCUT2D eigenvalue weighted by molar-refractivity contribution is 14.0. The van der Waals surface area contributed by atoms with E-state index in [9.17, 15) is 4.39 Å². The lowest BCUT2D eigenvalue weighted by molar-refractivity contribution is 0.626. The number of pyridine rings is 1. The van der Waals surface area contributed by atoms with Crippen LogP contribution in [0, 0.1) is 5.82 Å². The topological polar surface area (TPSA) is 52.6 Å². The van der Waals surface area contributed by atoms with Crippen LogP contribution in [0.1, 0.15) is 24.0 Å². The molecule has 0 amide bonds. The Morgan fingerprint density at radius 1 is 1.07 bits per heavy atom. The van der Waals surface area contributed by atoms with Crippen LogP contribution in [-0.2, 0) is 13.0 Å². The Labute approximate surface area is 177 Å². The van der Waals surface area contributed by atoms with Crippen molar-refractivity contribution < 1.29 is 4.39 Å². The van der Waals surface area contributed by atoms with Crippen LogP contribution in [0.2, 0.25) is 0 Å². The second kappa shape index (κ2) is 11.1. The first-order chi connectivity index (χ1) is 12.7. The van der Waals surface area contributed by atoms with E-state index in [1.165, 1.54) is 25.0 Å². The molecule has 27 heavy (non-hydrogen) atoms. The molecule has 146 valence electrons. The molecule has 3 rings (SSSR count). The zero-order valence-electron chi connectivity index (χ0n) is 15.6. The van der Waals surface area contributed by atoms with Crippen molar-refractivity contribution in [3.63, 3.8) is 0 Å². The van der Waals surface area contributed by atoms with E-state index in [1.807, 2.05) is 6.20 Å². The SMILES string of the molecule is CN=C(NCCc1ccc(F)cc1)NCc1ccc(N2CCCC2)nc1.I. The molecule has 1 fully saturated rings. The van der Waals surface area contributed by atoms with Crippen molar-refractivity contribution in [2.75, 3.05) is 31.6 Å². The molecule has 0 radical (unpaired) electrons. The molecular weight excluding hydrogens is 456 g/mol. The van der Waals surface area contributed by atoms with Crippen LogP contribution in [0.5, 0.6) is 0 Å². The Morgan fingerprint density at radius 3 is 2.41 bits per heavy atom. The first-order valence-electron chi connectivity index (χ1n) is 9.13. The summed E-state index contributed by atoms with van der Waals surface area (Å²) in [4.78, 5) is 11.1. The van der Waals surface area contributed by atoms with Crippen LogP contribution in [0.4, 0.5) is 10.2 Å². The molecule has 1 aliphatic rings. The first kappa shape index (κ1) is 21.4. The highest BCUT2D eigenvalue weighted by Crippen LogP contribution is 2.17. The van der Waals surface area contributed by atoms with E-state index in [0.29, 0.717) is 6.54 Å². The lowest BCUT2D eigenvalue weighted by Gasteiger charge is -2.16. The summed E-state index contributed by atoms with van der Waals surface area (Å²) in [5.41, 5.74) is 2.21. The van der Waals surface area contributed by atoms with Gasteiger partial charge in [0.15, 0.2) is 5.96 Å². The normalized spacial score (nSPS) is 14.0. The molecule has 0 aliphatic carbocycles. The Morgan fingerprint density at radius 2 is 1.78 bits per heavy atom. The lowest BCUT2D eigenvalue weighted by atomic mass is 10.1. The number of anilines is 1. The minimum Gasteiger partial charge on any atom is -0.357 e. The molecule has 2 heterocycles. The van der Waals surface area contributed by atoms with Gasteiger partial charge in [-0.25, -0.2) is 9.37 Å². The lowest BCUT2D eigenvalue weighted by Crippen LogP contribution is -2.37. The summed E-state index contributed by atoms with van der Waals surface area (Å²) in [6, 6.07) is 10.8. The van der Waals surface area contributed by atoms with Gasteiger partial charge in [-0.15, -0.1) is 24.0 Å². The standard InChI is InChI=1S/C20H26FN5.HI/c1-22-20(23-11-10-16-4-7-18(21)8-5-16)25-15-17-6-9-19(24-14-17)26-12-2-3-13-26;/h4-9,14H,2-3,10-13,15H2,1H3,(H2,22,23,25);1H. The highest BCUT2D eigenvalue weighted by atomic mass is 127. The van der Waals surface area contributed by atoms with Crippen LogP contribution in [0.25, 0.3) is 0 Å². The third-order valence-electron chi connectivity index (χ3n) is 4.54. The molecule has 1 aromatic heterocycles. The molecule has 0 unspecified atom stereocenters. The van der Waals surface area contributed by atoms with Gasteiger partial charge in [0.05, 0.1) is 0 Å².